The van der Waals surface area contributed by atoms with Crippen LogP contribution in [0, 0.1) is 10.1 Å². The second-order valence-electron chi connectivity index (χ2n) is 5.85. The molecule has 1 aliphatic rings. The SMILES string of the molecule is CC1(c2ccccc2Br)NC(=O)N(Cc2cccc([N+](=O)[O-])c2)C1=O. The van der Waals surface area contributed by atoms with Crippen molar-refractivity contribution in [3.8, 4) is 0 Å². The van der Waals surface area contributed by atoms with Gasteiger partial charge in [-0.3, -0.25) is 19.8 Å². The van der Waals surface area contributed by atoms with Gasteiger partial charge in [0.05, 0.1) is 11.5 Å². The fraction of sp³-hybridized carbons (Fsp3) is 0.176. The molecule has 1 atom stereocenters. The van der Waals surface area contributed by atoms with Crippen LogP contribution in [0.4, 0.5) is 10.5 Å². The molecule has 8 heteroatoms. The first kappa shape index (κ1) is 17.1. The molecule has 0 saturated carbocycles. The maximum Gasteiger partial charge on any atom is 0.325 e. The van der Waals surface area contributed by atoms with Crippen molar-refractivity contribution in [2.24, 2.45) is 0 Å². The number of non-ortho nitro benzene ring substituents is 1. The number of urea groups is 1. The van der Waals surface area contributed by atoms with E-state index in [-0.39, 0.29) is 12.2 Å². The van der Waals surface area contributed by atoms with Gasteiger partial charge in [-0.05, 0) is 18.6 Å². The van der Waals surface area contributed by atoms with Crippen LogP contribution in [-0.2, 0) is 16.9 Å². The molecule has 1 unspecified atom stereocenters. The molecular formula is C17H14BrN3O4. The summed E-state index contributed by atoms with van der Waals surface area (Å²) in [4.78, 5) is 36.7. The molecule has 3 rings (SSSR count). The Morgan fingerprint density at radius 1 is 1.20 bits per heavy atom. The summed E-state index contributed by atoms with van der Waals surface area (Å²) in [6.07, 6.45) is 0. The van der Waals surface area contributed by atoms with Crippen LogP contribution in [0.2, 0.25) is 0 Å². The quantitative estimate of drug-likeness (QED) is 0.481. The third-order valence-corrected chi connectivity index (χ3v) is 4.84. The van der Waals surface area contributed by atoms with Crippen molar-refractivity contribution in [1.29, 1.82) is 0 Å². The molecule has 7 nitrogen and oxygen atoms in total. The molecule has 25 heavy (non-hydrogen) atoms. The van der Waals surface area contributed by atoms with Crippen LogP contribution in [-0.4, -0.2) is 21.8 Å². The van der Waals surface area contributed by atoms with Crippen molar-refractivity contribution in [1.82, 2.24) is 10.2 Å². The van der Waals surface area contributed by atoms with E-state index in [0.717, 1.165) is 4.90 Å². The molecule has 0 aliphatic carbocycles. The first-order valence-electron chi connectivity index (χ1n) is 7.45. The van der Waals surface area contributed by atoms with Crippen molar-refractivity contribution >= 4 is 33.6 Å². The summed E-state index contributed by atoms with van der Waals surface area (Å²) >= 11 is 3.40. The monoisotopic (exact) mass is 403 g/mol. The lowest BCUT2D eigenvalue weighted by Gasteiger charge is -2.23. The molecule has 0 aromatic heterocycles. The summed E-state index contributed by atoms with van der Waals surface area (Å²) in [6.45, 7) is 1.60. The molecule has 1 saturated heterocycles. The molecule has 2 aromatic carbocycles. The summed E-state index contributed by atoms with van der Waals surface area (Å²) in [5.41, 5.74) is -0.125. The normalized spacial score (nSPS) is 19.8. The van der Waals surface area contributed by atoms with Gasteiger partial charge in [0, 0.05) is 22.2 Å². The predicted octanol–water partition coefficient (Wildman–Crippen LogP) is 3.32. The minimum Gasteiger partial charge on any atom is -0.319 e. The van der Waals surface area contributed by atoms with Crippen LogP contribution in [0.1, 0.15) is 18.1 Å². The van der Waals surface area contributed by atoms with E-state index in [2.05, 4.69) is 21.2 Å². The topological polar surface area (TPSA) is 92.6 Å². The Morgan fingerprint density at radius 2 is 1.92 bits per heavy atom. The second kappa shape index (κ2) is 6.29. The zero-order chi connectivity index (χ0) is 18.2. The number of nitro benzene ring substituents is 1. The molecule has 0 radical (unpaired) electrons. The highest BCUT2D eigenvalue weighted by atomic mass is 79.9. The van der Waals surface area contributed by atoms with Gasteiger partial charge in [0.25, 0.3) is 11.6 Å². The van der Waals surface area contributed by atoms with Gasteiger partial charge in [-0.25, -0.2) is 4.79 Å². The highest BCUT2D eigenvalue weighted by Crippen LogP contribution is 2.34. The van der Waals surface area contributed by atoms with Crippen LogP contribution < -0.4 is 5.32 Å². The summed E-state index contributed by atoms with van der Waals surface area (Å²) in [7, 11) is 0. The van der Waals surface area contributed by atoms with Crippen LogP contribution in [0.5, 0.6) is 0 Å². The Labute approximate surface area is 151 Å². The average Bonchev–Trinajstić information content (AvgIpc) is 2.79. The Bertz CT molecular complexity index is 886. The summed E-state index contributed by atoms with van der Waals surface area (Å²) < 4.78 is 0.711. The van der Waals surface area contributed by atoms with Gasteiger partial charge in [0.15, 0.2) is 0 Å². The molecular weight excluding hydrogens is 390 g/mol. The molecule has 2 aromatic rings. The van der Waals surface area contributed by atoms with Crippen LogP contribution >= 0.6 is 15.9 Å². The first-order chi connectivity index (χ1) is 11.8. The molecule has 1 fully saturated rings. The number of rotatable bonds is 4. The van der Waals surface area contributed by atoms with Gasteiger partial charge < -0.3 is 5.32 Å². The fourth-order valence-electron chi connectivity index (χ4n) is 2.84. The molecule has 0 bridgehead atoms. The van der Waals surface area contributed by atoms with E-state index < -0.39 is 22.4 Å². The number of nitro groups is 1. The Kier molecular flexibility index (Phi) is 4.30. The zero-order valence-corrected chi connectivity index (χ0v) is 14.8. The van der Waals surface area contributed by atoms with Crippen molar-refractivity contribution < 1.29 is 14.5 Å². The second-order valence-corrected chi connectivity index (χ2v) is 6.71. The maximum absolute atomic E-state index is 12.9. The predicted molar refractivity (Wildman–Crippen MR) is 93.7 cm³/mol. The number of nitrogens with one attached hydrogen (secondary N) is 1. The minimum absolute atomic E-state index is 0.0353. The van der Waals surface area contributed by atoms with Crippen LogP contribution in [0.25, 0.3) is 0 Å². The van der Waals surface area contributed by atoms with Gasteiger partial charge in [0.2, 0.25) is 0 Å². The van der Waals surface area contributed by atoms with Crippen molar-refractivity contribution in [3.63, 3.8) is 0 Å². The van der Waals surface area contributed by atoms with Gasteiger partial charge >= 0.3 is 6.03 Å². The highest BCUT2D eigenvalue weighted by Gasteiger charge is 2.49. The van der Waals surface area contributed by atoms with Gasteiger partial charge in [0.1, 0.15) is 5.54 Å². The Morgan fingerprint density at radius 3 is 2.60 bits per heavy atom. The lowest BCUT2D eigenvalue weighted by Crippen LogP contribution is -2.41. The van der Waals surface area contributed by atoms with Gasteiger partial charge in [-0.15, -0.1) is 0 Å². The summed E-state index contributed by atoms with van der Waals surface area (Å²) in [5.74, 6) is -0.407. The lowest BCUT2D eigenvalue weighted by molar-refractivity contribution is -0.384. The fourth-order valence-corrected chi connectivity index (χ4v) is 3.52. The minimum atomic E-state index is -1.20. The maximum atomic E-state index is 12.9. The molecule has 1 heterocycles. The number of carbonyl (C=O) groups is 2. The number of imide groups is 1. The summed E-state index contributed by atoms with van der Waals surface area (Å²) in [6, 6.07) is 12.5. The number of benzene rings is 2. The summed E-state index contributed by atoms with van der Waals surface area (Å²) in [5, 5.41) is 13.6. The smallest absolute Gasteiger partial charge is 0.319 e. The molecule has 1 N–H and O–H groups in total. The first-order valence-corrected chi connectivity index (χ1v) is 8.24. The third kappa shape index (κ3) is 3.00. The molecule has 1 aliphatic heterocycles. The van der Waals surface area contributed by atoms with Crippen LogP contribution in [0.3, 0.4) is 0 Å². The highest BCUT2D eigenvalue weighted by molar-refractivity contribution is 9.10. The van der Waals surface area contributed by atoms with E-state index in [1.807, 2.05) is 6.07 Å². The molecule has 3 amide bonds. The van der Waals surface area contributed by atoms with E-state index in [9.17, 15) is 19.7 Å². The Hall–Kier alpha value is -2.74. The van der Waals surface area contributed by atoms with Crippen molar-refractivity contribution in [2.75, 3.05) is 0 Å². The number of nitrogens with zero attached hydrogens (tertiary/aromatic N) is 2. The number of hydrogen-bond donors (Lipinski definition) is 1. The number of hydrogen-bond acceptors (Lipinski definition) is 4. The van der Waals surface area contributed by atoms with Gasteiger partial charge in [-0.2, -0.15) is 0 Å². The lowest BCUT2D eigenvalue weighted by atomic mass is 9.92. The Balaban J connectivity index is 1.91. The number of amides is 3. The van der Waals surface area contributed by atoms with E-state index >= 15 is 0 Å². The van der Waals surface area contributed by atoms with Crippen molar-refractivity contribution in [2.45, 2.75) is 19.0 Å². The van der Waals surface area contributed by atoms with E-state index in [4.69, 9.17) is 0 Å². The van der Waals surface area contributed by atoms with E-state index in [1.54, 1.807) is 31.2 Å². The third-order valence-electron chi connectivity index (χ3n) is 4.15. The van der Waals surface area contributed by atoms with Crippen molar-refractivity contribution in [3.05, 3.63) is 74.2 Å². The van der Waals surface area contributed by atoms with E-state index in [0.29, 0.717) is 15.6 Å². The average molecular weight is 404 g/mol. The van der Waals surface area contributed by atoms with E-state index in [1.165, 1.54) is 18.2 Å². The van der Waals surface area contributed by atoms with Crippen LogP contribution in [0.15, 0.2) is 53.0 Å². The number of halogens is 1. The number of carbonyl (C=O) groups excluding carboxylic acids is 2. The standard InChI is InChI=1S/C17H14BrN3O4/c1-17(13-7-2-3-8-14(13)18)15(22)20(16(23)19-17)10-11-5-4-6-12(9-11)21(24)25/h2-9H,10H2,1H3,(H,19,23). The zero-order valence-electron chi connectivity index (χ0n) is 13.2. The largest absolute Gasteiger partial charge is 0.325 e. The molecule has 0 spiro atoms. The van der Waals surface area contributed by atoms with Gasteiger partial charge in [-0.1, -0.05) is 46.3 Å². The molecule has 128 valence electrons.